The molecular formula is C13H24N2O2. The van der Waals surface area contributed by atoms with Crippen molar-refractivity contribution in [1.82, 2.24) is 10.2 Å². The van der Waals surface area contributed by atoms with Crippen molar-refractivity contribution in [1.29, 1.82) is 0 Å². The molecule has 17 heavy (non-hydrogen) atoms. The van der Waals surface area contributed by atoms with Crippen molar-refractivity contribution >= 4 is 5.91 Å². The number of piperidine rings is 1. The highest BCUT2D eigenvalue weighted by Crippen LogP contribution is 2.24. The molecule has 0 aromatic heterocycles. The van der Waals surface area contributed by atoms with Crippen LogP contribution in [0.4, 0.5) is 0 Å². The summed E-state index contributed by atoms with van der Waals surface area (Å²) in [4.78, 5) is 14.5. The molecule has 1 N–H and O–H groups in total. The lowest BCUT2D eigenvalue weighted by atomic mass is 9.91. The molecular weight excluding hydrogens is 216 g/mol. The highest BCUT2D eigenvalue weighted by atomic mass is 16.5. The summed E-state index contributed by atoms with van der Waals surface area (Å²) < 4.78 is 5.46. The molecule has 2 unspecified atom stereocenters. The highest BCUT2D eigenvalue weighted by molar-refractivity contribution is 5.80. The van der Waals surface area contributed by atoms with Gasteiger partial charge in [0.1, 0.15) is 0 Å². The van der Waals surface area contributed by atoms with Crippen molar-refractivity contribution in [2.24, 2.45) is 5.92 Å². The fourth-order valence-corrected chi connectivity index (χ4v) is 2.70. The zero-order valence-electron chi connectivity index (χ0n) is 11.2. The van der Waals surface area contributed by atoms with Crippen molar-refractivity contribution in [2.75, 3.05) is 26.3 Å². The van der Waals surface area contributed by atoms with Gasteiger partial charge in [-0.3, -0.25) is 4.79 Å². The van der Waals surface area contributed by atoms with Crippen LogP contribution in [0.25, 0.3) is 0 Å². The monoisotopic (exact) mass is 240 g/mol. The third-order valence-electron chi connectivity index (χ3n) is 3.92. The van der Waals surface area contributed by atoms with Gasteiger partial charge >= 0.3 is 0 Å². The Morgan fingerprint density at radius 2 is 2.18 bits per heavy atom. The lowest BCUT2D eigenvalue weighted by Crippen LogP contribution is -2.58. The second kappa shape index (κ2) is 4.94. The van der Waals surface area contributed by atoms with Crippen molar-refractivity contribution in [3.8, 4) is 0 Å². The number of carbonyl (C=O) groups excluding carboxylic acids is 1. The van der Waals surface area contributed by atoms with Crippen LogP contribution in [0.15, 0.2) is 0 Å². The van der Waals surface area contributed by atoms with Crippen LogP contribution in [-0.2, 0) is 9.53 Å². The molecule has 0 radical (unpaired) electrons. The molecule has 0 spiro atoms. The first-order valence-electron chi connectivity index (χ1n) is 6.63. The molecule has 2 aliphatic heterocycles. The first kappa shape index (κ1) is 12.8. The molecule has 2 fully saturated rings. The topological polar surface area (TPSA) is 41.6 Å². The van der Waals surface area contributed by atoms with Crippen LogP contribution < -0.4 is 5.32 Å². The van der Waals surface area contributed by atoms with Gasteiger partial charge in [0.15, 0.2) is 0 Å². The Balaban J connectivity index is 1.99. The van der Waals surface area contributed by atoms with Crippen LogP contribution in [-0.4, -0.2) is 48.7 Å². The van der Waals surface area contributed by atoms with E-state index in [0.29, 0.717) is 25.2 Å². The van der Waals surface area contributed by atoms with Crippen molar-refractivity contribution < 1.29 is 9.53 Å². The average Bonchev–Trinajstić information content (AvgIpc) is 2.28. The highest BCUT2D eigenvalue weighted by Gasteiger charge is 2.37. The molecule has 4 heteroatoms. The Morgan fingerprint density at radius 1 is 1.41 bits per heavy atom. The predicted octanol–water partition coefficient (Wildman–Crippen LogP) is 1.01. The van der Waals surface area contributed by atoms with Gasteiger partial charge in [0, 0.05) is 19.1 Å². The summed E-state index contributed by atoms with van der Waals surface area (Å²) >= 11 is 0. The zero-order chi connectivity index (χ0) is 12.5. The summed E-state index contributed by atoms with van der Waals surface area (Å²) in [7, 11) is 0. The van der Waals surface area contributed by atoms with E-state index in [1.807, 2.05) is 4.90 Å². The van der Waals surface area contributed by atoms with Crippen molar-refractivity contribution in [3.63, 3.8) is 0 Å². The molecule has 0 bridgehead atoms. The predicted molar refractivity (Wildman–Crippen MR) is 66.8 cm³/mol. The van der Waals surface area contributed by atoms with Gasteiger partial charge in [0.25, 0.3) is 0 Å². The van der Waals surface area contributed by atoms with Gasteiger partial charge < -0.3 is 15.0 Å². The van der Waals surface area contributed by atoms with E-state index in [1.165, 1.54) is 0 Å². The van der Waals surface area contributed by atoms with Crippen LogP contribution in [0, 0.1) is 5.92 Å². The molecule has 2 rings (SSSR count). The second-order valence-electron chi connectivity index (χ2n) is 5.94. The van der Waals surface area contributed by atoms with Crippen LogP contribution in [0.5, 0.6) is 0 Å². The van der Waals surface area contributed by atoms with E-state index >= 15 is 0 Å². The SMILES string of the molecule is CC1CCC(C(=O)N2CCOCC2(C)C)CN1. The third kappa shape index (κ3) is 2.80. The van der Waals surface area contributed by atoms with E-state index < -0.39 is 0 Å². The fraction of sp³-hybridized carbons (Fsp3) is 0.923. The lowest BCUT2D eigenvalue weighted by molar-refractivity contribution is -0.151. The smallest absolute Gasteiger partial charge is 0.227 e. The number of nitrogens with zero attached hydrogens (tertiary/aromatic N) is 1. The maximum atomic E-state index is 12.5. The first-order valence-corrected chi connectivity index (χ1v) is 6.63. The van der Waals surface area contributed by atoms with E-state index in [2.05, 4.69) is 26.1 Å². The molecule has 2 saturated heterocycles. The minimum absolute atomic E-state index is 0.154. The van der Waals surface area contributed by atoms with Crippen molar-refractivity contribution in [2.45, 2.75) is 45.2 Å². The maximum absolute atomic E-state index is 12.5. The summed E-state index contributed by atoms with van der Waals surface area (Å²) in [6.07, 6.45) is 2.11. The normalized spacial score (nSPS) is 33.5. The summed E-state index contributed by atoms with van der Waals surface area (Å²) in [6.45, 7) is 9.23. The molecule has 0 aromatic carbocycles. The molecule has 0 saturated carbocycles. The number of hydrogen-bond acceptors (Lipinski definition) is 3. The van der Waals surface area contributed by atoms with Gasteiger partial charge in [0.2, 0.25) is 5.91 Å². The zero-order valence-corrected chi connectivity index (χ0v) is 11.2. The number of carbonyl (C=O) groups is 1. The van der Waals surface area contributed by atoms with Crippen LogP contribution >= 0.6 is 0 Å². The number of rotatable bonds is 1. The number of morpholine rings is 1. The van der Waals surface area contributed by atoms with Gasteiger partial charge in [-0.1, -0.05) is 0 Å². The van der Waals surface area contributed by atoms with E-state index in [0.717, 1.165) is 25.9 Å². The number of ether oxygens (including phenoxy) is 1. The molecule has 4 nitrogen and oxygen atoms in total. The van der Waals surface area contributed by atoms with Gasteiger partial charge in [0.05, 0.1) is 24.7 Å². The summed E-state index contributed by atoms with van der Waals surface area (Å²) in [5, 5.41) is 3.40. The minimum Gasteiger partial charge on any atom is -0.377 e. The number of amides is 1. The van der Waals surface area contributed by atoms with E-state index in [-0.39, 0.29) is 11.5 Å². The molecule has 2 heterocycles. The van der Waals surface area contributed by atoms with Gasteiger partial charge in [-0.15, -0.1) is 0 Å². The molecule has 0 aromatic rings. The molecule has 98 valence electrons. The minimum atomic E-state index is -0.154. The molecule has 2 aliphatic rings. The van der Waals surface area contributed by atoms with Crippen LogP contribution in [0.2, 0.25) is 0 Å². The number of hydrogen-bond donors (Lipinski definition) is 1. The quantitative estimate of drug-likeness (QED) is 0.744. The number of nitrogens with one attached hydrogen (secondary N) is 1. The van der Waals surface area contributed by atoms with Crippen LogP contribution in [0.3, 0.4) is 0 Å². The molecule has 0 aliphatic carbocycles. The first-order chi connectivity index (χ1) is 8.00. The van der Waals surface area contributed by atoms with Gasteiger partial charge in [-0.25, -0.2) is 0 Å². The van der Waals surface area contributed by atoms with E-state index in [1.54, 1.807) is 0 Å². The second-order valence-corrected chi connectivity index (χ2v) is 5.94. The molecule has 1 amide bonds. The summed E-state index contributed by atoms with van der Waals surface area (Å²) in [5.41, 5.74) is -0.154. The lowest BCUT2D eigenvalue weighted by Gasteiger charge is -2.44. The maximum Gasteiger partial charge on any atom is 0.227 e. The largest absolute Gasteiger partial charge is 0.377 e. The van der Waals surface area contributed by atoms with Crippen LogP contribution in [0.1, 0.15) is 33.6 Å². The average molecular weight is 240 g/mol. The molecule has 2 atom stereocenters. The Hall–Kier alpha value is -0.610. The van der Waals surface area contributed by atoms with Gasteiger partial charge in [-0.05, 0) is 33.6 Å². The Bertz CT molecular complexity index is 283. The Labute approximate surface area is 104 Å². The van der Waals surface area contributed by atoms with E-state index in [9.17, 15) is 4.79 Å². The summed E-state index contributed by atoms with van der Waals surface area (Å²) in [5.74, 6) is 0.460. The summed E-state index contributed by atoms with van der Waals surface area (Å²) in [6, 6.07) is 0.553. The van der Waals surface area contributed by atoms with E-state index in [4.69, 9.17) is 4.74 Å². The Kier molecular flexibility index (Phi) is 3.73. The van der Waals surface area contributed by atoms with Crippen molar-refractivity contribution in [3.05, 3.63) is 0 Å². The Morgan fingerprint density at radius 3 is 2.76 bits per heavy atom. The van der Waals surface area contributed by atoms with Gasteiger partial charge in [-0.2, -0.15) is 0 Å². The standard InChI is InChI=1S/C13H24N2O2/c1-10-4-5-11(8-14-10)12(16)15-6-7-17-9-13(15,2)3/h10-11,14H,4-9H2,1-3H3. The fourth-order valence-electron chi connectivity index (χ4n) is 2.70. The third-order valence-corrected chi connectivity index (χ3v) is 3.92.